The minimum Gasteiger partial charge on any atom is -0.462 e. The second kappa shape index (κ2) is 65.7. The molecule has 6 heteroatoms. The molecule has 0 amide bonds. The van der Waals surface area contributed by atoms with Crippen molar-refractivity contribution >= 4 is 17.9 Å². The van der Waals surface area contributed by atoms with Crippen LogP contribution in [0, 0.1) is 0 Å². The lowest BCUT2D eigenvalue weighted by molar-refractivity contribution is -0.167. The Hall–Kier alpha value is -1.85. The molecule has 6 nitrogen and oxygen atoms in total. The normalized spacial score (nSPS) is 12.0. The molecular weight excluding hydrogens is 937 g/mol. The van der Waals surface area contributed by atoms with Gasteiger partial charge < -0.3 is 14.2 Å². The maximum absolute atomic E-state index is 12.9. The number of allylic oxidation sites excluding steroid dienone is 2. The first-order valence-electron chi connectivity index (χ1n) is 34.7. The summed E-state index contributed by atoms with van der Waals surface area (Å²) >= 11 is 0. The molecule has 0 heterocycles. The molecule has 0 aliphatic rings. The molecule has 1 unspecified atom stereocenters. The number of carbonyl (C=O) groups is 3. The molecule has 1 atom stereocenters. The van der Waals surface area contributed by atoms with Gasteiger partial charge in [0.1, 0.15) is 13.2 Å². The largest absolute Gasteiger partial charge is 0.462 e. The van der Waals surface area contributed by atoms with Crippen molar-refractivity contribution in [3.05, 3.63) is 12.2 Å². The lowest BCUT2D eigenvalue weighted by Gasteiger charge is -2.18. The minimum absolute atomic E-state index is 0.0633. The fraction of sp³-hybridized carbons (Fsp3) is 0.929. The third-order valence-electron chi connectivity index (χ3n) is 16.0. The Bertz CT molecular complexity index is 1180. The van der Waals surface area contributed by atoms with Crippen LogP contribution >= 0.6 is 0 Å². The predicted octanol–water partition coefficient (Wildman–Crippen LogP) is 23.6. The summed E-state index contributed by atoms with van der Waals surface area (Å²) in [5.74, 6) is -0.842. The fourth-order valence-corrected chi connectivity index (χ4v) is 10.8. The van der Waals surface area contributed by atoms with Gasteiger partial charge in [-0.25, -0.2) is 0 Å². The Labute approximate surface area is 475 Å². The summed E-state index contributed by atoms with van der Waals surface area (Å²) in [6, 6.07) is 0. The van der Waals surface area contributed by atoms with Crippen LogP contribution in [-0.4, -0.2) is 37.2 Å². The third kappa shape index (κ3) is 63.0. The molecule has 0 saturated carbocycles. The maximum Gasteiger partial charge on any atom is 0.306 e. The van der Waals surface area contributed by atoms with Crippen LogP contribution in [0.2, 0.25) is 0 Å². The predicted molar refractivity (Wildman–Crippen MR) is 330 cm³/mol. The monoisotopic (exact) mass is 1070 g/mol. The number of rotatable bonds is 65. The van der Waals surface area contributed by atoms with Gasteiger partial charge in [-0.1, -0.05) is 348 Å². The average Bonchev–Trinajstić information content (AvgIpc) is 3.42. The van der Waals surface area contributed by atoms with E-state index >= 15 is 0 Å². The fourth-order valence-electron chi connectivity index (χ4n) is 10.8. The van der Waals surface area contributed by atoms with Crippen molar-refractivity contribution in [2.75, 3.05) is 13.2 Å². The quantitative estimate of drug-likeness (QED) is 0.0261. The van der Waals surface area contributed by atoms with Gasteiger partial charge in [0.15, 0.2) is 6.10 Å². The number of hydrogen-bond donors (Lipinski definition) is 0. The SMILES string of the molecule is CCCCCCCCCC/C=C\CCCCCCCCCCCCCCCCCCCCCC(=O)OCC(COC(=O)CCCCCCCC)OC(=O)CCCCCCCCCCCCCCCCCCCCCCC. The number of ether oxygens (including phenoxy) is 3. The van der Waals surface area contributed by atoms with Gasteiger partial charge in [-0.3, -0.25) is 14.4 Å². The lowest BCUT2D eigenvalue weighted by atomic mass is 10.0. The van der Waals surface area contributed by atoms with E-state index in [0.717, 1.165) is 57.8 Å². The second-order valence-corrected chi connectivity index (χ2v) is 23.8. The Morgan fingerprint density at radius 1 is 0.250 bits per heavy atom. The molecule has 76 heavy (non-hydrogen) atoms. The van der Waals surface area contributed by atoms with Gasteiger partial charge in [0.25, 0.3) is 0 Å². The Morgan fingerprint density at radius 3 is 0.658 bits per heavy atom. The van der Waals surface area contributed by atoms with Crippen molar-refractivity contribution in [2.45, 2.75) is 406 Å². The van der Waals surface area contributed by atoms with Crippen LogP contribution in [0.3, 0.4) is 0 Å². The van der Waals surface area contributed by atoms with Crippen LogP contribution in [0.25, 0.3) is 0 Å². The van der Waals surface area contributed by atoms with E-state index in [1.54, 1.807) is 0 Å². The van der Waals surface area contributed by atoms with Gasteiger partial charge in [0.2, 0.25) is 0 Å². The zero-order valence-electron chi connectivity index (χ0n) is 51.8. The molecule has 0 aromatic carbocycles. The van der Waals surface area contributed by atoms with Crippen molar-refractivity contribution in [3.8, 4) is 0 Å². The number of hydrogen-bond acceptors (Lipinski definition) is 6. The van der Waals surface area contributed by atoms with E-state index in [2.05, 4.69) is 32.9 Å². The van der Waals surface area contributed by atoms with Crippen molar-refractivity contribution in [1.29, 1.82) is 0 Å². The second-order valence-electron chi connectivity index (χ2n) is 23.8. The molecule has 450 valence electrons. The van der Waals surface area contributed by atoms with Gasteiger partial charge in [0, 0.05) is 19.3 Å². The molecule has 0 aliphatic heterocycles. The molecule has 0 radical (unpaired) electrons. The molecule has 0 spiro atoms. The van der Waals surface area contributed by atoms with Crippen molar-refractivity contribution in [2.24, 2.45) is 0 Å². The van der Waals surface area contributed by atoms with E-state index < -0.39 is 6.10 Å². The Balaban J connectivity index is 3.93. The highest BCUT2D eigenvalue weighted by atomic mass is 16.6. The zero-order valence-corrected chi connectivity index (χ0v) is 51.8. The van der Waals surface area contributed by atoms with Gasteiger partial charge >= 0.3 is 17.9 Å². The van der Waals surface area contributed by atoms with Crippen LogP contribution in [-0.2, 0) is 28.6 Å². The van der Waals surface area contributed by atoms with E-state index in [-0.39, 0.29) is 31.1 Å². The molecule has 0 aliphatic carbocycles. The summed E-state index contributed by atoms with van der Waals surface area (Å²) < 4.78 is 16.9. The molecule has 0 aromatic rings. The number of carbonyl (C=O) groups excluding carboxylic acids is 3. The Kier molecular flexibility index (Phi) is 64.1. The molecule has 0 fully saturated rings. The number of unbranched alkanes of at least 4 members (excludes halogenated alkanes) is 52. The summed E-state index contributed by atoms with van der Waals surface area (Å²) in [5, 5.41) is 0. The first kappa shape index (κ1) is 74.2. The molecular formula is C70H134O6. The molecule has 0 aromatic heterocycles. The standard InChI is InChI=1S/C70H134O6/c1-4-7-10-13-16-18-20-22-24-26-28-30-31-32-33-34-35-36-37-38-39-41-42-44-46-48-50-52-54-57-60-63-69(72)75-66-67(65-74-68(71)62-59-56-15-12-9-6-3)76-70(73)64-61-58-55-53-51-49-47-45-43-40-29-27-25-23-21-19-17-14-11-8-5-2/h26,28,67H,4-25,27,29-66H2,1-3H3/b28-26-. The first-order chi connectivity index (χ1) is 37.5. The van der Waals surface area contributed by atoms with E-state index in [1.165, 1.54) is 302 Å². The third-order valence-corrected chi connectivity index (χ3v) is 16.0. The molecule has 0 rings (SSSR count). The van der Waals surface area contributed by atoms with Crippen molar-refractivity contribution in [1.82, 2.24) is 0 Å². The van der Waals surface area contributed by atoms with Gasteiger partial charge in [-0.05, 0) is 44.9 Å². The summed E-state index contributed by atoms with van der Waals surface area (Å²) in [5.41, 5.74) is 0. The smallest absolute Gasteiger partial charge is 0.306 e. The first-order valence-corrected chi connectivity index (χ1v) is 34.7. The van der Waals surface area contributed by atoms with Crippen LogP contribution in [0.1, 0.15) is 400 Å². The molecule has 0 N–H and O–H groups in total. The highest BCUT2D eigenvalue weighted by molar-refractivity contribution is 5.71. The minimum atomic E-state index is -0.762. The summed E-state index contributed by atoms with van der Waals surface area (Å²) in [6.07, 6.45) is 78.6. The van der Waals surface area contributed by atoms with Crippen LogP contribution in [0.5, 0.6) is 0 Å². The molecule has 0 bridgehead atoms. The van der Waals surface area contributed by atoms with Crippen molar-refractivity contribution in [3.63, 3.8) is 0 Å². The van der Waals surface area contributed by atoms with Gasteiger partial charge in [0.05, 0.1) is 0 Å². The van der Waals surface area contributed by atoms with Crippen molar-refractivity contribution < 1.29 is 28.6 Å². The lowest BCUT2D eigenvalue weighted by Crippen LogP contribution is -2.30. The van der Waals surface area contributed by atoms with E-state index in [4.69, 9.17) is 14.2 Å². The number of esters is 3. The van der Waals surface area contributed by atoms with Gasteiger partial charge in [-0.2, -0.15) is 0 Å². The van der Waals surface area contributed by atoms with E-state index in [0.29, 0.717) is 19.3 Å². The average molecular weight is 1070 g/mol. The summed E-state index contributed by atoms with van der Waals surface area (Å²) in [4.78, 5) is 38.1. The maximum atomic E-state index is 12.9. The van der Waals surface area contributed by atoms with Crippen LogP contribution in [0.4, 0.5) is 0 Å². The van der Waals surface area contributed by atoms with Crippen LogP contribution < -0.4 is 0 Å². The topological polar surface area (TPSA) is 78.9 Å². The highest BCUT2D eigenvalue weighted by Gasteiger charge is 2.19. The Morgan fingerprint density at radius 2 is 0.434 bits per heavy atom. The van der Waals surface area contributed by atoms with E-state index in [1.807, 2.05) is 0 Å². The van der Waals surface area contributed by atoms with Crippen LogP contribution in [0.15, 0.2) is 12.2 Å². The highest BCUT2D eigenvalue weighted by Crippen LogP contribution is 2.19. The zero-order chi connectivity index (χ0) is 55.0. The summed E-state index contributed by atoms with van der Waals surface area (Å²) in [7, 11) is 0. The summed E-state index contributed by atoms with van der Waals surface area (Å²) in [6.45, 7) is 6.66. The molecule has 0 saturated heterocycles. The van der Waals surface area contributed by atoms with Gasteiger partial charge in [-0.15, -0.1) is 0 Å². The van der Waals surface area contributed by atoms with E-state index in [9.17, 15) is 14.4 Å².